The summed E-state index contributed by atoms with van der Waals surface area (Å²) in [5, 5.41) is 0.666. The number of pyridine rings is 1. The first-order valence-electron chi connectivity index (χ1n) is 7.21. The Morgan fingerprint density at radius 2 is 2.10 bits per heavy atom. The molecule has 1 heterocycles. The van der Waals surface area contributed by atoms with E-state index in [1.54, 1.807) is 24.4 Å². The molecule has 1 aliphatic carbocycles. The highest BCUT2D eigenvalue weighted by atomic mass is 32.2. The Labute approximate surface area is 124 Å². The van der Waals surface area contributed by atoms with Gasteiger partial charge in [0.25, 0.3) is 0 Å². The molecule has 0 amide bonds. The maximum Gasteiger partial charge on any atom is 0.242 e. The molecule has 3 rings (SSSR count). The molecule has 0 saturated heterocycles. The molecule has 0 atom stereocenters. The molecule has 5 nitrogen and oxygen atoms in total. The van der Waals surface area contributed by atoms with Gasteiger partial charge in [-0.1, -0.05) is 19.3 Å². The molecule has 2 aromatic rings. The summed E-state index contributed by atoms with van der Waals surface area (Å²) in [6, 6.07) is 6.67. The number of nitrogens with one attached hydrogen (secondary N) is 1. The fourth-order valence-electron chi connectivity index (χ4n) is 2.64. The van der Waals surface area contributed by atoms with E-state index >= 15 is 0 Å². The number of aromatic nitrogens is 1. The van der Waals surface area contributed by atoms with E-state index in [4.69, 9.17) is 5.73 Å². The molecule has 0 radical (unpaired) electrons. The molecule has 0 spiro atoms. The lowest BCUT2D eigenvalue weighted by atomic mass is 9.83. The van der Waals surface area contributed by atoms with Crippen LogP contribution in [0.15, 0.2) is 35.4 Å². The number of nitrogens with two attached hydrogens (primary N) is 1. The molecule has 1 aromatic heterocycles. The minimum Gasteiger partial charge on any atom is -0.398 e. The predicted octanol–water partition coefficient (Wildman–Crippen LogP) is 2.29. The van der Waals surface area contributed by atoms with E-state index < -0.39 is 10.0 Å². The van der Waals surface area contributed by atoms with Gasteiger partial charge in [0.15, 0.2) is 0 Å². The summed E-state index contributed by atoms with van der Waals surface area (Å²) in [7, 11) is -3.55. The van der Waals surface area contributed by atoms with Crippen LogP contribution in [-0.4, -0.2) is 19.9 Å². The zero-order valence-electron chi connectivity index (χ0n) is 11.7. The number of nitrogens with zero attached hydrogens (tertiary/aromatic N) is 1. The first-order chi connectivity index (χ1) is 10.1. The van der Waals surface area contributed by atoms with E-state index in [1.807, 2.05) is 0 Å². The van der Waals surface area contributed by atoms with Crippen LogP contribution in [0.25, 0.3) is 10.9 Å². The molecule has 1 aromatic carbocycles. The minimum atomic E-state index is -3.55. The molecule has 6 heteroatoms. The van der Waals surface area contributed by atoms with Crippen LogP contribution in [0, 0.1) is 5.92 Å². The van der Waals surface area contributed by atoms with Crippen LogP contribution in [0.1, 0.15) is 25.7 Å². The lowest BCUT2D eigenvalue weighted by Gasteiger charge is -2.25. The number of hydrogen-bond acceptors (Lipinski definition) is 4. The Bertz CT molecular complexity index is 755. The third-order valence-corrected chi connectivity index (χ3v) is 5.62. The zero-order chi connectivity index (χ0) is 14.9. The molecule has 1 fully saturated rings. The summed E-state index contributed by atoms with van der Waals surface area (Å²) in [6.45, 7) is 0.478. The van der Waals surface area contributed by atoms with Crippen LogP contribution >= 0.6 is 0 Å². The third-order valence-electron chi connectivity index (χ3n) is 4.13. The Balaban J connectivity index is 1.86. The molecule has 0 bridgehead atoms. The van der Waals surface area contributed by atoms with Crippen molar-refractivity contribution in [1.82, 2.24) is 9.71 Å². The summed E-state index contributed by atoms with van der Waals surface area (Å²) < 4.78 is 27.6. The average molecular weight is 305 g/mol. The monoisotopic (exact) mass is 305 g/mol. The van der Waals surface area contributed by atoms with Crippen molar-refractivity contribution in [2.24, 2.45) is 5.92 Å². The van der Waals surface area contributed by atoms with Crippen molar-refractivity contribution in [3.63, 3.8) is 0 Å². The standard InChI is InChI=1S/C15H19N3O2S/c16-13-6-7-14(15-12(13)5-2-9-17-15)21(19,20)18-10-8-11-3-1-4-11/h2,5-7,9,11,18H,1,3-4,8,10,16H2. The van der Waals surface area contributed by atoms with Gasteiger partial charge in [-0.3, -0.25) is 4.98 Å². The van der Waals surface area contributed by atoms with Crippen LogP contribution < -0.4 is 10.5 Å². The smallest absolute Gasteiger partial charge is 0.242 e. The number of nitrogen functional groups attached to an aromatic ring is 1. The van der Waals surface area contributed by atoms with E-state index in [0.717, 1.165) is 6.42 Å². The molecule has 3 N–H and O–H groups in total. The van der Waals surface area contributed by atoms with E-state index in [9.17, 15) is 8.42 Å². The van der Waals surface area contributed by atoms with Gasteiger partial charge in [-0.15, -0.1) is 0 Å². The normalized spacial score (nSPS) is 16.0. The summed E-state index contributed by atoms with van der Waals surface area (Å²) in [5.74, 6) is 0.675. The van der Waals surface area contributed by atoms with E-state index in [1.165, 1.54) is 25.3 Å². The molecule has 0 unspecified atom stereocenters. The van der Waals surface area contributed by atoms with Crippen LogP contribution in [0.5, 0.6) is 0 Å². The topological polar surface area (TPSA) is 85.1 Å². The highest BCUT2D eigenvalue weighted by molar-refractivity contribution is 7.89. The molecule has 1 aliphatic rings. The lowest BCUT2D eigenvalue weighted by molar-refractivity contribution is 0.297. The predicted molar refractivity (Wildman–Crippen MR) is 83.3 cm³/mol. The van der Waals surface area contributed by atoms with Crippen LogP contribution in [0.2, 0.25) is 0 Å². The van der Waals surface area contributed by atoms with Gasteiger partial charge in [0.1, 0.15) is 4.90 Å². The van der Waals surface area contributed by atoms with Gasteiger partial charge in [0.05, 0.1) is 5.52 Å². The van der Waals surface area contributed by atoms with Gasteiger partial charge in [-0.2, -0.15) is 0 Å². The highest BCUT2D eigenvalue weighted by Crippen LogP contribution is 2.29. The third kappa shape index (κ3) is 2.87. The first kappa shape index (κ1) is 14.3. The number of sulfonamides is 1. The van der Waals surface area contributed by atoms with Crippen molar-refractivity contribution in [1.29, 1.82) is 0 Å². The maximum atomic E-state index is 12.5. The van der Waals surface area contributed by atoms with E-state index in [0.29, 0.717) is 29.1 Å². The molecule has 0 aliphatic heterocycles. The lowest BCUT2D eigenvalue weighted by Crippen LogP contribution is -2.27. The van der Waals surface area contributed by atoms with Crippen LogP contribution in [0.4, 0.5) is 5.69 Å². The summed E-state index contributed by atoms with van der Waals surface area (Å²) in [6.07, 6.45) is 6.18. The van der Waals surface area contributed by atoms with Crippen molar-refractivity contribution >= 4 is 26.6 Å². The number of anilines is 1. The van der Waals surface area contributed by atoms with Crippen molar-refractivity contribution < 1.29 is 8.42 Å². The molecule has 21 heavy (non-hydrogen) atoms. The van der Waals surface area contributed by atoms with Gasteiger partial charge in [-0.05, 0) is 36.6 Å². The highest BCUT2D eigenvalue weighted by Gasteiger charge is 2.21. The second kappa shape index (κ2) is 5.61. The average Bonchev–Trinajstić information content (AvgIpc) is 2.42. The van der Waals surface area contributed by atoms with Crippen molar-refractivity contribution in [3.05, 3.63) is 30.5 Å². The first-order valence-corrected chi connectivity index (χ1v) is 8.69. The summed E-state index contributed by atoms with van der Waals surface area (Å²) in [4.78, 5) is 4.37. The van der Waals surface area contributed by atoms with Gasteiger partial charge in [0.2, 0.25) is 10.0 Å². The zero-order valence-corrected chi connectivity index (χ0v) is 12.6. The molecular formula is C15H19N3O2S. The van der Waals surface area contributed by atoms with E-state index in [2.05, 4.69) is 9.71 Å². The number of rotatable bonds is 5. The second-order valence-corrected chi connectivity index (χ2v) is 7.27. The number of fused-ring (bicyclic) bond motifs is 1. The SMILES string of the molecule is Nc1ccc(S(=O)(=O)NCCC2CCC2)c2ncccc12. The Hall–Kier alpha value is -1.66. The Morgan fingerprint density at radius 1 is 1.29 bits per heavy atom. The molecular weight excluding hydrogens is 286 g/mol. The summed E-state index contributed by atoms with van der Waals surface area (Å²) >= 11 is 0. The number of hydrogen-bond donors (Lipinski definition) is 2. The Morgan fingerprint density at radius 3 is 2.81 bits per heavy atom. The molecule has 112 valence electrons. The summed E-state index contributed by atoms with van der Waals surface area (Å²) in [5.41, 5.74) is 6.84. The van der Waals surface area contributed by atoms with Crippen molar-refractivity contribution in [3.8, 4) is 0 Å². The fourth-order valence-corrected chi connectivity index (χ4v) is 3.85. The number of benzene rings is 1. The van der Waals surface area contributed by atoms with Crippen LogP contribution in [-0.2, 0) is 10.0 Å². The van der Waals surface area contributed by atoms with E-state index in [-0.39, 0.29) is 4.90 Å². The van der Waals surface area contributed by atoms with Gasteiger partial charge < -0.3 is 5.73 Å². The van der Waals surface area contributed by atoms with Gasteiger partial charge >= 0.3 is 0 Å². The maximum absolute atomic E-state index is 12.5. The Kier molecular flexibility index (Phi) is 3.82. The second-order valence-electron chi connectivity index (χ2n) is 5.54. The largest absolute Gasteiger partial charge is 0.398 e. The van der Waals surface area contributed by atoms with Gasteiger partial charge in [-0.25, -0.2) is 13.1 Å². The quantitative estimate of drug-likeness (QED) is 0.830. The van der Waals surface area contributed by atoms with Crippen molar-refractivity contribution in [2.45, 2.75) is 30.6 Å². The molecule has 1 saturated carbocycles. The van der Waals surface area contributed by atoms with Crippen molar-refractivity contribution in [2.75, 3.05) is 12.3 Å². The van der Waals surface area contributed by atoms with Crippen LogP contribution in [0.3, 0.4) is 0 Å². The minimum absolute atomic E-state index is 0.195. The fraction of sp³-hybridized carbons (Fsp3) is 0.400. The van der Waals surface area contributed by atoms with Gasteiger partial charge in [0, 0.05) is 23.8 Å².